The largest absolute Gasteiger partial charge is 0.269 e. The van der Waals surface area contributed by atoms with Gasteiger partial charge in [0.1, 0.15) is 10.6 Å². The van der Waals surface area contributed by atoms with Crippen molar-refractivity contribution in [2.45, 2.75) is 56.6 Å². The molecular weight excluding hydrogens is 419 g/mol. The monoisotopic (exact) mass is 446 g/mol. The van der Waals surface area contributed by atoms with Crippen LogP contribution in [0, 0.1) is 27.3 Å². The van der Waals surface area contributed by atoms with Crippen molar-refractivity contribution in [2.24, 2.45) is 4.36 Å². The summed E-state index contributed by atoms with van der Waals surface area (Å²) in [4.78, 5) is 10.5. The molecule has 1 unspecified atom stereocenters. The first-order valence-corrected chi connectivity index (χ1v) is 11.5. The number of nitro benzene ring substituents is 1. The van der Waals surface area contributed by atoms with E-state index in [0.717, 1.165) is 18.2 Å². The van der Waals surface area contributed by atoms with Crippen LogP contribution in [0.2, 0.25) is 0 Å². The fraction of sp³-hybridized carbons (Fsp3) is 0.611. The van der Waals surface area contributed by atoms with E-state index < -0.39 is 46.5 Å². The molecule has 1 N–H and O–H groups in total. The second kappa shape index (κ2) is 8.45. The van der Waals surface area contributed by atoms with E-state index in [1.54, 1.807) is 20.8 Å². The lowest BCUT2D eigenvalue weighted by atomic mass is 9.94. The number of hydrogen-bond acceptors (Lipinski definition) is 6. The summed E-state index contributed by atoms with van der Waals surface area (Å²) in [7, 11) is -3.71. The van der Waals surface area contributed by atoms with Crippen LogP contribution in [0.3, 0.4) is 0 Å². The van der Waals surface area contributed by atoms with Crippen LogP contribution >= 0.6 is 0 Å². The zero-order valence-electron chi connectivity index (χ0n) is 17.6. The number of nitrogens with one attached hydrogen (secondary N) is 1. The summed E-state index contributed by atoms with van der Waals surface area (Å²) in [6.45, 7) is 9.45. The van der Waals surface area contributed by atoms with Crippen LogP contribution in [0.5, 0.6) is 0 Å². The quantitative estimate of drug-likeness (QED) is 0.507. The molecule has 3 atom stereocenters. The summed E-state index contributed by atoms with van der Waals surface area (Å²) >= 11 is 0. The molecule has 1 aromatic rings. The summed E-state index contributed by atoms with van der Waals surface area (Å²) in [5.74, 6) is -1.17. The third-order valence-electron chi connectivity index (χ3n) is 4.48. The van der Waals surface area contributed by atoms with Crippen molar-refractivity contribution in [3.63, 3.8) is 0 Å². The first-order chi connectivity index (χ1) is 13.0. The highest BCUT2D eigenvalue weighted by Crippen LogP contribution is 2.34. The van der Waals surface area contributed by atoms with Gasteiger partial charge in [-0.2, -0.15) is 5.26 Å². The van der Waals surface area contributed by atoms with Crippen molar-refractivity contribution in [2.75, 3.05) is 12.8 Å². The molecule has 0 fully saturated rings. The Morgan fingerprint density at radius 3 is 2.28 bits per heavy atom. The average molecular weight is 447 g/mol. The number of nitro groups is 1. The summed E-state index contributed by atoms with van der Waals surface area (Å²) in [6.07, 6.45) is 0. The molecule has 0 radical (unpaired) electrons. The van der Waals surface area contributed by atoms with Crippen LogP contribution in [-0.4, -0.2) is 35.6 Å². The Balaban J connectivity index is 3.77. The van der Waals surface area contributed by atoms with Crippen LogP contribution in [0.4, 0.5) is 10.1 Å². The van der Waals surface area contributed by atoms with Gasteiger partial charge < -0.3 is 0 Å². The molecule has 0 aliphatic heterocycles. The predicted octanol–water partition coefficient (Wildman–Crippen LogP) is 3.40. The summed E-state index contributed by atoms with van der Waals surface area (Å²) in [5, 5.41) is 20.7. The second-order valence-electron chi connectivity index (χ2n) is 8.33. The van der Waals surface area contributed by atoms with Crippen molar-refractivity contribution in [1.82, 2.24) is 4.72 Å². The van der Waals surface area contributed by atoms with E-state index in [9.17, 15) is 28.2 Å². The molecule has 0 bridgehead atoms. The van der Waals surface area contributed by atoms with Gasteiger partial charge in [-0.1, -0.05) is 0 Å². The summed E-state index contributed by atoms with van der Waals surface area (Å²) in [5.41, 5.74) is -2.11. The number of halogens is 1. The van der Waals surface area contributed by atoms with Crippen LogP contribution in [0.25, 0.3) is 0 Å². The van der Waals surface area contributed by atoms with E-state index in [2.05, 4.69) is 9.08 Å². The Bertz CT molecular complexity index is 989. The Morgan fingerprint density at radius 2 is 1.86 bits per heavy atom. The van der Waals surface area contributed by atoms with Gasteiger partial charge in [-0.25, -0.2) is 21.9 Å². The van der Waals surface area contributed by atoms with Crippen molar-refractivity contribution >= 4 is 26.4 Å². The van der Waals surface area contributed by atoms with Crippen molar-refractivity contribution in [3.8, 4) is 6.07 Å². The van der Waals surface area contributed by atoms with Gasteiger partial charge in [0.2, 0.25) is 0 Å². The Kier molecular flexibility index (Phi) is 7.33. The van der Waals surface area contributed by atoms with E-state index in [0.29, 0.717) is 0 Å². The lowest BCUT2D eigenvalue weighted by Gasteiger charge is -2.36. The maximum atomic E-state index is 14.8. The number of rotatable bonds is 7. The molecule has 162 valence electrons. The van der Waals surface area contributed by atoms with Crippen LogP contribution < -0.4 is 4.72 Å². The number of benzene rings is 1. The lowest BCUT2D eigenvalue weighted by molar-refractivity contribution is -0.385. The zero-order chi connectivity index (χ0) is 22.8. The molecule has 0 aromatic heterocycles. The maximum absolute atomic E-state index is 14.8. The Morgan fingerprint density at radius 1 is 1.31 bits per heavy atom. The van der Waals surface area contributed by atoms with Gasteiger partial charge in [0, 0.05) is 24.7 Å². The Hall–Kier alpha value is -1.90. The first-order valence-electron chi connectivity index (χ1n) is 8.71. The number of nitrogens with zero attached hydrogens (tertiary/aromatic N) is 3. The minimum Gasteiger partial charge on any atom is -0.258 e. The van der Waals surface area contributed by atoms with Gasteiger partial charge in [-0.3, -0.25) is 10.1 Å². The molecule has 0 aliphatic rings. The number of hydrogen-bond donors (Lipinski definition) is 1. The molecule has 8 nitrogen and oxygen atoms in total. The van der Waals surface area contributed by atoms with E-state index >= 15 is 0 Å². The van der Waals surface area contributed by atoms with E-state index in [-0.39, 0.29) is 17.0 Å². The molecule has 11 heteroatoms. The molecule has 0 saturated heterocycles. The average Bonchev–Trinajstić information content (AvgIpc) is 2.60. The summed E-state index contributed by atoms with van der Waals surface area (Å²) < 4.78 is 45.8. The third-order valence-corrected chi connectivity index (χ3v) is 9.47. The Labute approximate surface area is 173 Å². The smallest absolute Gasteiger partial charge is 0.258 e. The van der Waals surface area contributed by atoms with Gasteiger partial charge in [0.05, 0.1) is 47.7 Å². The second-order valence-corrected chi connectivity index (χ2v) is 13.2. The van der Waals surface area contributed by atoms with Gasteiger partial charge in [0.25, 0.3) is 5.69 Å². The predicted molar refractivity (Wildman–Crippen MR) is 112 cm³/mol. The zero-order valence-corrected chi connectivity index (χ0v) is 19.2. The van der Waals surface area contributed by atoms with Crippen LogP contribution in [0.15, 0.2) is 22.6 Å². The molecule has 29 heavy (non-hydrogen) atoms. The molecule has 0 heterocycles. The number of non-ortho nitro benzene ring substituents is 1. The third kappa shape index (κ3) is 5.38. The van der Waals surface area contributed by atoms with Crippen molar-refractivity contribution in [1.29, 1.82) is 5.26 Å². The SMILES string of the molecule is CN=S(=O)(C[C@](C)(N[S@](=O)C(C)(C)C)c1cc([N+](=O)[O-])ccc1F)C(C)(C)C#N. The van der Waals surface area contributed by atoms with Gasteiger partial charge >= 0.3 is 0 Å². The first kappa shape index (κ1) is 25.1. The maximum Gasteiger partial charge on any atom is 0.269 e. The van der Waals surface area contributed by atoms with Gasteiger partial charge in [-0.05, 0) is 47.6 Å². The van der Waals surface area contributed by atoms with E-state index in [1.165, 1.54) is 27.8 Å². The molecule has 0 aliphatic carbocycles. The van der Waals surface area contributed by atoms with Crippen LogP contribution in [0.1, 0.15) is 47.1 Å². The fourth-order valence-corrected chi connectivity index (χ4v) is 5.59. The van der Waals surface area contributed by atoms with E-state index in [1.807, 2.05) is 6.07 Å². The molecule has 0 spiro atoms. The number of nitriles is 1. The molecule has 0 amide bonds. The van der Waals surface area contributed by atoms with Gasteiger partial charge in [-0.15, -0.1) is 0 Å². The van der Waals surface area contributed by atoms with Crippen molar-refractivity contribution in [3.05, 3.63) is 39.7 Å². The highest BCUT2D eigenvalue weighted by molar-refractivity contribution is 7.95. The van der Waals surface area contributed by atoms with E-state index in [4.69, 9.17) is 0 Å². The van der Waals surface area contributed by atoms with Gasteiger partial charge in [0.15, 0.2) is 0 Å². The normalized spacial score (nSPS) is 17.5. The fourth-order valence-electron chi connectivity index (χ4n) is 2.51. The lowest BCUT2D eigenvalue weighted by Crippen LogP contribution is -2.52. The topological polar surface area (TPSA) is 125 Å². The molecule has 0 saturated carbocycles. The molecule has 1 rings (SSSR count). The standard InChI is InChI=1S/C18H27FN4O4S2/c1-16(2,3)28(26)22-18(6,12-29(27,21-7)17(4,5)11-20)14-10-13(23(24)25)8-9-15(14)19/h8-10,22H,12H2,1-7H3/t18-,28+,29?/m0/s1. The summed E-state index contributed by atoms with van der Waals surface area (Å²) in [6, 6.07) is 4.94. The molecule has 1 aromatic carbocycles. The highest BCUT2D eigenvalue weighted by Gasteiger charge is 2.43. The highest BCUT2D eigenvalue weighted by atomic mass is 32.2. The minimum absolute atomic E-state index is 0.172. The minimum atomic E-state index is -3.27. The van der Waals surface area contributed by atoms with Crippen molar-refractivity contribution < 1.29 is 17.7 Å². The van der Waals surface area contributed by atoms with Crippen LogP contribution in [-0.2, 0) is 26.3 Å². The molecular formula is C18H27FN4O4S2.